The average Bonchev–Trinajstić information content (AvgIpc) is 3.06. The van der Waals surface area contributed by atoms with E-state index in [0.717, 1.165) is 57.3 Å². The summed E-state index contributed by atoms with van der Waals surface area (Å²) >= 11 is 0. The summed E-state index contributed by atoms with van der Waals surface area (Å²) in [4.78, 5) is 36.2. The minimum absolute atomic E-state index is 0.101. The molecule has 0 unspecified atom stereocenters. The van der Waals surface area contributed by atoms with Crippen LogP contribution in [0.15, 0.2) is 24.3 Å². The molecule has 0 radical (unpaired) electrons. The quantitative estimate of drug-likeness (QED) is 0.0307. The van der Waals surface area contributed by atoms with Crippen LogP contribution in [0.2, 0.25) is 0 Å². The molecule has 0 aromatic rings. The number of carbonyl (C=O) groups excluding carboxylic acids is 3. The van der Waals surface area contributed by atoms with Gasteiger partial charge < -0.3 is 14.6 Å². The van der Waals surface area contributed by atoms with Crippen LogP contribution in [0.5, 0.6) is 0 Å². The van der Waals surface area contributed by atoms with E-state index in [9.17, 15) is 19.5 Å². The third kappa shape index (κ3) is 35.4. The smallest absolute Gasteiger partial charge is 0.306 e. The van der Waals surface area contributed by atoms with Gasteiger partial charge in [0.25, 0.3) is 0 Å². The van der Waals surface area contributed by atoms with Gasteiger partial charge in [0.05, 0.1) is 6.61 Å². The second-order valence-corrected chi connectivity index (χ2v) is 14.2. The van der Waals surface area contributed by atoms with E-state index in [-0.39, 0.29) is 37.4 Å². The first-order chi connectivity index (χ1) is 23.4. The number of unbranched alkanes of at least 4 members (excludes halogenated alkanes) is 21. The van der Waals surface area contributed by atoms with Gasteiger partial charge in [0.1, 0.15) is 6.61 Å². The summed E-state index contributed by atoms with van der Waals surface area (Å²) in [6.07, 6.45) is 37.7. The van der Waals surface area contributed by atoms with Crippen molar-refractivity contribution in [2.45, 2.75) is 207 Å². The highest BCUT2D eigenvalue weighted by atomic mass is 16.6. The minimum Gasteiger partial charge on any atom is -0.462 e. The van der Waals surface area contributed by atoms with Crippen LogP contribution in [0.25, 0.3) is 0 Å². The van der Waals surface area contributed by atoms with Crippen LogP contribution < -0.4 is 0 Å². The molecule has 6 heteroatoms. The molecule has 0 saturated heterocycles. The predicted molar refractivity (Wildman–Crippen MR) is 201 cm³/mol. The summed E-state index contributed by atoms with van der Waals surface area (Å²) in [6, 6.07) is 0. The van der Waals surface area contributed by atoms with Crippen molar-refractivity contribution in [1.82, 2.24) is 0 Å². The SMILES string of the molecule is CCCCC/C=C\C=C\C(=O)CCCCCCCC(=O)O[C@@H](CO)COC(=O)CCCCCCCCCCCCCCCCCC(C)C. The zero-order valence-electron chi connectivity index (χ0n) is 31.7. The fraction of sp³-hybridized carbons (Fsp3) is 0.833. The van der Waals surface area contributed by atoms with Crippen molar-refractivity contribution in [1.29, 1.82) is 0 Å². The summed E-state index contributed by atoms with van der Waals surface area (Å²) in [6.45, 7) is 6.35. The van der Waals surface area contributed by atoms with Gasteiger partial charge in [-0.1, -0.05) is 167 Å². The second kappa shape index (κ2) is 36.3. The number of ketones is 1. The average molecular weight is 677 g/mol. The Labute approximate surface area is 296 Å². The molecule has 0 spiro atoms. The Morgan fingerprint density at radius 2 is 1.06 bits per heavy atom. The maximum absolute atomic E-state index is 12.2. The lowest BCUT2D eigenvalue weighted by Crippen LogP contribution is -2.28. The Morgan fingerprint density at radius 1 is 0.583 bits per heavy atom. The van der Waals surface area contributed by atoms with E-state index >= 15 is 0 Å². The van der Waals surface area contributed by atoms with Crippen molar-refractivity contribution in [2.75, 3.05) is 13.2 Å². The highest BCUT2D eigenvalue weighted by molar-refractivity contribution is 5.89. The van der Waals surface area contributed by atoms with Gasteiger partial charge in [-0.3, -0.25) is 14.4 Å². The van der Waals surface area contributed by atoms with Gasteiger partial charge in [0, 0.05) is 19.3 Å². The summed E-state index contributed by atoms with van der Waals surface area (Å²) < 4.78 is 10.6. The molecule has 0 heterocycles. The molecule has 0 saturated carbocycles. The van der Waals surface area contributed by atoms with Gasteiger partial charge in [0.15, 0.2) is 11.9 Å². The molecule has 6 nitrogen and oxygen atoms in total. The van der Waals surface area contributed by atoms with E-state index in [2.05, 4.69) is 26.8 Å². The number of ether oxygens (including phenoxy) is 2. The van der Waals surface area contributed by atoms with E-state index < -0.39 is 6.10 Å². The highest BCUT2D eigenvalue weighted by Crippen LogP contribution is 2.15. The number of hydrogen-bond acceptors (Lipinski definition) is 6. The van der Waals surface area contributed by atoms with E-state index in [1.807, 2.05) is 12.2 Å². The first kappa shape index (κ1) is 46.0. The molecule has 0 rings (SSSR count). The molecule has 280 valence electrons. The molecule has 0 aliphatic carbocycles. The van der Waals surface area contributed by atoms with Crippen LogP contribution in [-0.2, 0) is 23.9 Å². The van der Waals surface area contributed by atoms with Crippen LogP contribution in [0.3, 0.4) is 0 Å². The Kier molecular flexibility index (Phi) is 34.9. The normalized spacial score (nSPS) is 12.4. The zero-order chi connectivity index (χ0) is 35.3. The van der Waals surface area contributed by atoms with Crippen molar-refractivity contribution in [3.8, 4) is 0 Å². The molecule has 0 aromatic carbocycles. The molecule has 0 aliphatic rings. The second-order valence-electron chi connectivity index (χ2n) is 14.2. The topological polar surface area (TPSA) is 89.9 Å². The lowest BCUT2D eigenvalue weighted by Gasteiger charge is -2.15. The largest absolute Gasteiger partial charge is 0.462 e. The first-order valence-electron chi connectivity index (χ1n) is 20.2. The van der Waals surface area contributed by atoms with E-state index in [4.69, 9.17) is 9.47 Å². The van der Waals surface area contributed by atoms with E-state index in [0.29, 0.717) is 19.3 Å². The number of aliphatic hydroxyl groups excluding tert-OH is 1. The molecule has 0 bridgehead atoms. The van der Waals surface area contributed by atoms with Crippen LogP contribution in [-0.4, -0.2) is 42.1 Å². The van der Waals surface area contributed by atoms with Gasteiger partial charge in [-0.05, 0) is 44.1 Å². The zero-order valence-corrected chi connectivity index (χ0v) is 31.7. The molecule has 0 fully saturated rings. The lowest BCUT2D eigenvalue weighted by atomic mass is 10.0. The van der Waals surface area contributed by atoms with Crippen LogP contribution >= 0.6 is 0 Å². The number of aliphatic hydroxyl groups is 1. The number of rotatable bonds is 36. The van der Waals surface area contributed by atoms with Gasteiger partial charge in [0.2, 0.25) is 0 Å². The summed E-state index contributed by atoms with van der Waals surface area (Å²) in [5.41, 5.74) is 0. The third-order valence-corrected chi connectivity index (χ3v) is 8.90. The Balaban J connectivity index is 3.60. The van der Waals surface area contributed by atoms with Crippen LogP contribution in [0.1, 0.15) is 201 Å². The minimum atomic E-state index is -0.814. The molecular weight excluding hydrogens is 600 g/mol. The number of carbonyl (C=O) groups is 3. The Bertz CT molecular complexity index is 802. The van der Waals surface area contributed by atoms with Crippen molar-refractivity contribution in [2.24, 2.45) is 5.92 Å². The van der Waals surface area contributed by atoms with Crippen molar-refractivity contribution < 1.29 is 29.0 Å². The predicted octanol–water partition coefficient (Wildman–Crippen LogP) is 11.7. The number of allylic oxidation sites excluding steroid dienone is 4. The first-order valence-corrected chi connectivity index (χ1v) is 20.2. The summed E-state index contributed by atoms with van der Waals surface area (Å²) in [7, 11) is 0. The van der Waals surface area contributed by atoms with E-state index in [1.165, 1.54) is 103 Å². The van der Waals surface area contributed by atoms with E-state index in [1.54, 1.807) is 6.08 Å². The van der Waals surface area contributed by atoms with Gasteiger partial charge >= 0.3 is 11.9 Å². The number of esters is 2. The maximum atomic E-state index is 12.2. The lowest BCUT2D eigenvalue weighted by molar-refractivity contribution is -0.161. The fourth-order valence-electron chi connectivity index (χ4n) is 5.78. The van der Waals surface area contributed by atoms with Gasteiger partial charge in [-0.2, -0.15) is 0 Å². The van der Waals surface area contributed by atoms with Crippen LogP contribution in [0.4, 0.5) is 0 Å². The number of hydrogen-bond donors (Lipinski definition) is 1. The van der Waals surface area contributed by atoms with Gasteiger partial charge in [-0.15, -0.1) is 0 Å². The fourth-order valence-corrected chi connectivity index (χ4v) is 5.78. The van der Waals surface area contributed by atoms with Crippen molar-refractivity contribution in [3.63, 3.8) is 0 Å². The monoisotopic (exact) mass is 677 g/mol. The molecule has 0 aromatic heterocycles. The molecule has 48 heavy (non-hydrogen) atoms. The molecule has 1 N–H and O–H groups in total. The standard InChI is InChI=1S/C42H76O6/c1-4-5-6-7-17-22-27-32-39(44)33-28-23-20-25-30-35-42(46)48-40(36-43)37-47-41(45)34-29-24-19-16-14-12-10-8-9-11-13-15-18-21-26-31-38(2)3/h17,22,27,32,38,40,43H,4-16,18-21,23-26,28-31,33-37H2,1-3H3/b22-17-,32-27+/t40-/m0/s1. The molecule has 0 amide bonds. The maximum Gasteiger partial charge on any atom is 0.306 e. The third-order valence-electron chi connectivity index (χ3n) is 8.90. The molecule has 1 atom stereocenters. The summed E-state index contributed by atoms with van der Waals surface area (Å²) in [5.74, 6) is 0.327. The summed E-state index contributed by atoms with van der Waals surface area (Å²) in [5, 5.41) is 9.55. The van der Waals surface area contributed by atoms with Gasteiger partial charge in [-0.25, -0.2) is 0 Å². The molecule has 0 aliphatic heterocycles. The highest BCUT2D eigenvalue weighted by Gasteiger charge is 2.16. The van der Waals surface area contributed by atoms with Crippen molar-refractivity contribution in [3.05, 3.63) is 24.3 Å². The van der Waals surface area contributed by atoms with Crippen molar-refractivity contribution >= 4 is 17.7 Å². The Hall–Kier alpha value is -1.95. The molecular formula is C42H76O6. The van der Waals surface area contributed by atoms with Crippen LogP contribution in [0, 0.1) is 5.92 Å². The Morgan fingerprint density at radius 3 is 1.56 bits per heavy atom.